The van der Waals surface area contributed by atoms with Crippen LogP contribution in [-0.2, 0) is 0 Å². The lowest BCUT2D eigenvalue weighted by molar-refractivity contribution is 0.669. The summed E-state index contributed by atoms with van der Waals surface area (Å²) in [6.45, 7) is 0. The number of allylic oxidation sites excluding steroid dienone is 5. The van der Waals surface area contributed by atoms with Crippen molar-refractivity contribution < 1.29 is 4.42 Å². The molecule has 0 saturated heterocycles. The molecule has 4 heterocycles. The van der Waals surface area contributed by atoms with Crippen molar-refractivity contribution in [2.45, 2.75) is 18.9 Å². The normalized spacial score (nSPS) is 15.8. The molecule has 0 saturated carbocycles. The Morgan fingerprint density at radius 2 is 1.25 bits per heavy atom. The van der Waals surface area contributed by atoms with Crippen molar-refractivity contribution in [2.24, 2.45) is 0 Å². The highest BCUT2D eigenvalue weighted by molar-refractivity contribution is 7.25. The monoisotopic (exact) mass is 748 g/mol. The van der Waals surface area contributed by atoms with E-state index in [0.717, 1.165) is 46.0 Å². The first-order valence-corrected chi connectivity index (χ1v) is 20.6. The third-order valence-corrected chi connectivity index (χ3v) is 13.0. The highest BCUT2D eigenvalue weighted by Gasteiger charge is 2.20. The Labute approximate surface area is 333 Å². The van der Waals surface area contributed by atoms with E-state index < -0.39 is 0 Å². The smallest absolute Gasteiger partial charge is 0.137 e. The molecule has 7 aromatic carbocycles. The van der Waals surface area contributed by atoms with Crippen LogP contribution in [0.2, 0.25) is 0 Å². The van der Waals surface area contributed by atoms with E-state index in [-0.39, 0.29) is 6.04 Å². The van der Waals surface area contributed by atoms with Gasteiger partial charge in [-0.25, -0.2) is 0 Å². The standard InChI is InChI=1S/C53H36N2OS/c1-3-11-33(12-4-1)46-28-38(29-47(54-46)34-13-5-2-6-14-34)37-20-24-44-45-27-35(21-26-52(45)57-53(44)31-37)36-19-23-42-43-25-22-39(32-51(43)56-50(42)30-36)55-48-17-9-7-15-40(48)41-16-8-10-18-49(41)55/h1,3-5,7-32,46,54H,2,6H2. The van der Waals surface area contributed by atoms with Gasteiger partial charge >= 0.3 is 0 Å². The molecule has 10 aromatic rings. The van der Waals surface area contributed by atoms with Crippen LogP contribution >= 0.6 is 11.3 Å². The van der Waals surface area contributed by atoms with Crippen molar-refractivity contribution in [3.8, 4) is 16.8 Å². The third kappa shape index (κ3) is 5.32. The van der Waals surface area contributed by atoms with Crippen LogP contribution in [-0.4, -0.2) is 4.57 Å². The Morgan fingerprint density at radius 1 is 0.544 bits per heavy atom. The minimum absolute atomic E-state index is 0.101. The Kier molecular flexibility index (Phi) is 7.29. The lowest BCUT2D eigenvalue weighted by atomic mass is 9.92. The fourth-order valence-corrected chi connectivity index (χ4v) is 10.2. The molecule has 1 N–H and O–H groups in total. The predicted molar refractivity (Wildman–Crippen MR) is 241 cm³/mol. The minimum Gasteiger partial charge on any atom is -0.456 e. The molecule has 0 fully saturated rings. The molecular formula is C53H36N2OS. The molecule has 0 amide bonds. The average Bonchev–Trinajstić information content (AvgIpc) is 3.95. The molecule has 0 spiro atoms. The lowest BCUT2D eigenvalue weighted by Crippen LogP contribution is -2.23. The van der Waals surface area contributed by atoms with Gasteiger partial charge in [-0.05, 0) is 113 Å². The van der Waals surface area contributed by atoms with E-state index >= 15 is 0 Å². The Hall–Kier alpha value is -6.88. The van der Waals surface area contributed by atoms with Gasteiger partial charge in [-0.15, -0.1) is 11.3 Å². The second-order valence-electron chi connectivity index (χ2n) is 15.2. The molecule has 57 heavy (non-hydrogen) atoms. The van der Waals surface area contributed by atoms with Gasteiger partial charge in [0.05, 0.1) is 17.1 Å². The van der Waals surface area contributed by atoms with Gasteiger partial charge in [0.2, 0.25) is 0 Å². The molecule has 4 heteroatoms. The first-order valence-electron chi connectivity index (χ1n) is 19.8. The van der Waals surface area contributed by atoms with Gasteiger partial charge in [0.25, 0.3) is 0 Å². The van der Waals surface area contributed by atoms with Gasteiger partial charge in [-0.2, -0.15) is 0 Å². The Morgan fingerprint density at radius 3 is 2.05 bits per heavy atom. The molecule has 270 valence electrons. The summed E-state index contributed by atoms with van der Waals surface area (Å²) in [5, 5.41) is 11.2. The zero-order valence-corrected chi connectivity index (χ0v) is 31.9. The fraction of sp³-hybridized carbons (Fsp3) is 0.0566. The number of thiophene rings is 1. The molecule has 0 bridgehead atoms. The van der Waals surface area contributed by atoms with Crippen LogP contribution < -0.4 is 5.32 Å². The van der Waals surface area contributed by atoms with Gasteiger partial charge in [0.15, 0.2) is 0 Å². The molecule has 1 aliphatic carbocycles. The number of nitrogens with one attached hydrogen (secondary N) is 1. The summed E-state index contributed by atoms with van der Waals surface area (Å²) in [4.78, 5) is 0. The van der Waals surface area contributed by atoms with Crippen molar-refractivity contribution in [2.75, 3.05) is 0 Å². The number of hydrogen-bond acceptors (Lipinski definition) is 3. The van der Waals surface area contributed by atoms with E-state index in [0.29, 0.717) is 0 Å². The highest BCUT2D eigenvalue weighted by atomic mass is 32.1. The molecule has 3 nitrogen and oxygen atoms in total. The number of rotatable bonds is 5. The number of furan rings is 1. The van der Waals surface area contributed by atoms with Crippen LogP contribution in [0.1, 0.15) is 30.0 Å². The van der Waals surface area contributed by atoms with Gasteiger partial charge in [-0.1, -0.05) is 109 Å². The summed E-state index contributed by atoms with van der Waals surface area (Å²) in [6.07, 6.45) is 13.8. The number of benzene rings is 7. The van der Waals surface area contributed by atoms with Crippen molar-refractivity contribution in [3.05, 3.63) is 204 Å². The van der Waals surface area contributed by atoms with Gasteiger partial charge in [0.1, 0.15) is 11.2 Å². The zero-order chi connectivity index (χ0) is 37.5. The van der Waals surface area contributed by atoms with Crippen LogP contribution in [0.15, 0.2) is 198 Å². The van der Waals surface area contributed by atoms with Gasteiger partial charge in [0, 0.05) is 59.2 Å². The molecule has 3 aromatic heterocycles. The maximum absolute atomic E-state index is 6.64. The second kappa shape index (κ2) is 12.8. The number of fused-ring (bicyclic) bond motifs is 9. The molecule has 1 aliphatic heterocycles. The molecule has 1 atom stereocenters. The van der Waals surface area contributed by atoms with Gasteiger partial charge in [-0.3, -0.25) is 0 Å². The molecule has 12 rings (SSSR count). The summed E-state index contributed by atoms with van der Waals surface area (Å²) in [5.74, 6) is 0. The van der Waals surface area contributed by atoms with Crippen molar-refractivity contribution in [3.63, 3.8) is 0 Å². The zero-order valence-electron chi connectivity index (χ0n) is 31.1. The van der Waals surface area contributed by atoms with E-state index in [1.54, 1.807) is 0 Å². The van der Waals surface area contributed by atoms with E-state index in [1.807, 2.05) is 11.3 Å². The fourth-order valence-electron chi connectivity index (χ4n) is 9.05. The van der Waals surface area contributed by atoms with Crippen LogP contribution in [0.25, 0.3) is 86.3 Å². The SMILES string of the molecule is C1=CC(C2=CC(c3ccc4c(c3)sc3ccc(-c5ccc6c(c5)oc5cc(-n7c8ccccc8c8ccccc87)ccc56)cc34)=CC(c3ccccc3)N2)=CCC1. The summed E-state index contributed by atoms with van der Waals surface area (Å²) in [6, 6.07) is 55.3. The first-order chi connectivity index (χ1) is 28.2. The van der Waals surface area contributed by atoms with E-state index in [4.69, 9.17) is 4.42 Å². The average molecular weight is 749 g/mol. The van der Waals surface area contributed by atoms with E-state index in [9.17, 15) is 0 Å². The quantitative estimate of drug-likeness (QED) is 0.190. The third-order valence-electron chi connectivity index (χ3n) is 11.9. The van der Waals surface area contributed by atoms with Crippen LogP contribution in [0.4, 0.5) is 0 Å². The highest BCUT2D eigenvalue weighted by Crippen LogP contribution is 2.41. The number of para-hydroxylation sites is 2. The number of hydrogen-bond donors (Lipinski definition) is 1. The van der Waals surface area contributed by atoms with E-state index in [1.165, 1.54) is 75.5 Å². The van der Waals surface area contributed by atoms with Crippen LogP contribution in [0.3, 0.4) is 0 Å². The number of aromatic nitrogens is 1. The topological polar surface area (TPSA) is 30.1 Å². The van der Waals surface area contributed by atoms with Crippen molar-refractivity contribution in [1.82, 2.24) is 9.88 Å². The molecule has 2 aliphatic rings. The number of dihydropyridines is 1. The second-order valence-corrected chi connectivity index (χ2v) is 16.3. The first kappa shape index (κ1) is 32.4. The molecule has 1 unspecified atom stereocenters. The van der Waals surface area contributed by atoms with Crippen molar-refractivity contribution in [1.29, 1.82) is 0 Å². The Bertz CT molecular complexity index is 3330. The van der Waals surface area contributed by atoms with Crippen LogP contribution in [0, 0.1) is 0 Å². The maximum atomic E-state index is 6.64. The minimum atomic E-state index is 0.101. The Balaban J connectivity index is 0.906. The molecular weight excluding hydrogens is 713 g/mol. The summed E-state index contributed by atoms with van der Waals surface area (Å²) < 4.78 is 11.6. The summed E-state index contributed by atoms with van der Waals surface area (Å²) in [5.41, 5.74) is 13.8. The summed E-state index contributed by atoms with van der Waals surface area (Å²) >= 11 is 1.87. The lowest BCUT2D eigenvalue weighted by Gasteiger charge is -2.26. The van der Waals surface area contributed by atoms with Crippen LogP contribution in [0.5, 0.6) is 0 Å². The van der Waals surface area contributed by atoms with Gasteiger partial charge < -0.3 is 14.3 Å². The maximum Gasteiger partial charge on any atom is 0.137 e. The molecule has 0 radical (unpaired) electrons. The van der Waals surface area contributed by atoms with Crippen molar-refractivity contribution >= 4 is 80.8 Å². The van der Waals surface area contributed by atoms with E-state index in [2.05, 4.69) is 192 Å². The predicted octanol–water partition coefficient (Wildman–Crippen LogP) is 14.6. The summed E-state index contributed by atoms with van der Waals surface area (Å²) in [7, 11) is 0. The number of nitrogens with zero attached hydrogens (tertiary/aromatic N) is 1. The largest absolute Gasteiger partial charge is 0.456 e.